The van der Waals surface area contributed by atoms with Crippen LogP contribution in [-0.4, -0.2) is 36.5 Å². The molecule has 1 aromatic rings. The summed E-state index contributed by atoms with van der Waals surface area (Å²) in [5.41, 5.74) is -0.0430. The van der Waals surface area contributed by atoms with E-state index in [1.54, 1.807) is 13.0 Å². The van der Waals surface area contributed by atoms with Gasteiger partial charge in [0, 0.05) is 32.6 Å². The number of ether oxygens (including phenoxy) is 1. The van der Waals surface area contributed by atoms with Gasteiger partial charge in [-0.15, -0.1) is 0 Å². The number of carbonyl (C=O) groups excluding carboxylic acids is 1. The van der Waals surface area contributed by atoms with Crippen LogP contribution in [0.15, 0.2) is 18.2 Å². The monoisotopic (exact) mass is 282 g/mol. The second-order valence-corrected chi connectivity index (χ2v) is 5.13. The van der Waals surface area contributed by atoms with Crippen molar-refractivity contribution < 1.29 is 19.0 Å². The normalized spacial score (nSPS) is 17.6. The van der Waals surface area contributed by atoms with Crippen LogP contribution >= 0.6 is 0 Å². The lowest BCUT2D eigenvalue weighted by Crippen LogP contribution is -2.47. The Morgan fingerprint density at radius 2 is 2.15 bits per heavy atom. The van der Waals surface area contributed by atoms with Gasteiger partial charge in [0.1, 0.15) is 5.82 Å². The van der Waals surface area contributed by atoms with Gasteiger partial charge in [0.2, 0.25) is 0 Å². The summed E-state index contributed by atoms with van der Waals surface area (Å²) in [6.07, 6.45) is 0.957. The van der Waals surface area contributed by atoms with Crippen LogP contribution in [0.5, 0.6) is 0 Å². The molecule has 5 nitrogen and oxygen atoms in total. The molecule has 0 bridgehead atoms. The summed E-state index contributed by atoms with van der Waals surface area (Å²) in [6.45, 7) is 2.85. The first-order chi connectivity index (χ1) is 9.48. The summed E-state index contributed by atoms with van der Waals surface area (Å²) in [6, 6.07) is 4.03. The van der Waals surface area contributed by atoms with Crippen molar-refractivity contribution in [3.8, 4) is 0 Å². The third-order valence-corrected chi connectivity index (χ3v) is 3.37. The predicted octanol–water partition coefficient (Wildman–Crippen LogP) is 1.80. The maximum atomic E-state index is 13.6. The van der Waals surface area contributed by atoms with E-state index < -0.39 is 17.4 Å². The first-order valence-electron chi connectivity index (χ1n) is 6.60. The highest BCUT2D eigenvalue weighted by atomic mass is 19.1. The lowest BCUT2D eigenvalue weighted by Gasteiger charge is -2.32. The molecule has 1 saturated heterocycles. The molecule has 0 aliphatic carbocycles. The molecule has 1 heterocycles. The van der Waals surface area contributed by atoms with Gasteiger partial charge in [-0.2, -0.15) is 0 Å². The number of hydrogen-bond acceptors (Lipinski definition) is 3. The molecule has 2 amide bonds. The van der Waals surface area contributed by atoms with Crippen molar-refractivity contribution in [1.82, 2.24) is 5.32 Å². The van der Waals surface area contributed by atoms with Crippen molar-refractivity contribution in [1.29, 1.82) is 0 Å². The fourth-order valence-corrected chi connectivity index (χ4v) is 2.06. The van der Waals surface area contributed by atoms with Crippen LogP contribution in [0.4, 0.5) is 14.9 Å². The number of halogens is 1. The van der Waals surface area contributed by atoms with E-state index in [4.69, 9.17) is 4.74 Å². The van der Waals surface area contributed by atoms with Gasteiger partial charge >= 0.3 is 6.03 Å². The minimum atomic E-state index is -0.943. The summed E-state index contributed by atoms with van der Waals surface area (Å²) in [5, 5.41) is 15.2. The van der Waals surface area contributed by atoms with E-state index in [9.17, 15) is 14.3 Å². The fourth-order valence-electron chi connectivity index (χ4n) is 2.06. The molecule has 1 aromatic carbocycles. The number of aryl methyl sites for hydroxylation is 1. The summed E-state index contributed by atoms with van der Waals surface area (Å²) >= 11 is 0. The zero-order valence-corrected chi connectivity index (χ0v) is 11.4. The molecule has 1 aliphatic rings. The Bertz CT molecular complexity index is 487. The molecule has 0 saturated carbocycles. The predicted molar refractivity (Wildman–Crippen MR) is 73.2 cm³/mol. The Labute approximate surface area is 117 Å². The Morgan fingerprint density at radius 1 is 1.45 bits per heavy atom. The van der Waals surface area contributed by atoms with Crippen LogP contribution in [0, 0.1) is 12.7 Å². The van der Waals surface area contributed by atoms with Crippen LogP contribution in [-0.2, 0) is 4.74 Å². The molecule has 2 rings (SSSR count). The van der Waals surface area contributed by atoms with E-state index >= 15 is 0 Å². The molecular formula is C14H19FN2O3. The van der Waals surface area contributed by atoms with Crippen LogP contribution < -0.4 is 10.6 Å². The minimum Gasteiger partial charge on any atom is -0.388 e. The maximum absolute atomic E-state index is 13.6. The van der Waals surface area contributed by atoms with Gasteiger partial charge in [-0.3, -0.25) is 0 Å². The summed E-state index contributed by atoms with van der Waals surface area (Å²) in [7, 11) is 0. The second kappa shape index (κ2) is 6.19. The average molecular weight is 282 g/mol. The first-order valence-corrected chi connectivity index (χ1v) is 6.60. The fraction of sp³-hybridized carbons (Fsp3) is 0.500. The van der Waals surface area contributed by atoms with Gasteiger partial charge < -0.3 is 20.5 Å². The molecule has 0 unspecified atom stereocenters. The largest absolute Gasteiger partial charge is 0.388 e. The maximum Gasteiger partial charge on any atom is 0.319 e. The van der Waals surface area contributed by atoms with E-state index in [2.05, 4.69) is 10.6 Å². The van der Waals surface area contributed by atoms with Crippen molar-refractivity contribution in [2.24, 2.45) is 0 Å². The van der Waals surface area contributed by atoms with E-state index in [0.29, 0.717) is 26.1 Å². The number of carbonyl (C=O) groups is 1. The van der Waals surface area contributed by atoms with Crippen molar-refractivity contribution in [3.05, 3.63) is 29.6 Å². The Kier molecular flexibility index (Phi) is 4.57. The SMILES string of the molecule is Cc1ccc(NC(=O)NCC2(O)CCOCC2)c(F)c1. The third-order valence-electron chi connectivity index (χ3n) is 3.37. The number of hydrogen-bond donors (Lipinski definition) is 3. The molecule has 3 N–H and O–H groups in total. The third kappa shape index (κ3) is 3.91. The second-order valence-electron chi connectivity index (χ2n) is 5.13. The number of rotatable bonds is 3. The van der Waals surface area contributed by atoms with E-state index in [1.807, 2.05) is 0 Å². The average Bonchev–Trinajstić information content (AvgIpc) is 2.41. The number of benzene rings is 1. The number of nitrogens with one attached hydrogen (secondary N) is 2. The number of aliphatic hydroxyl groups is 1. The Morgan fingerprint density at radius 3 is 2.80 bits per heavy atom. The first kappa shape index (κ1) is 14.7. The molecule has 110 valence electrons. The van der Waals surface area contributed by atoms with Crippen LogP contribution in [0.1, 0.15) is 18.4 Å². The quantitative estimate of drug-likeness (QED) is 0.791. The minimum absolute atomic E-state index is 0.118. The van der Waals surface area contributed by atoms with Crippen molar-refractivity contribution in [2.75, 3.05) is 25.1 Å². The molecular weight excluding hydrogens is 263 g/mol. The zero-order chi connectivity index (χ0) is 14.6. The van der Waals surface area contributed by atoms with E-state index in [-0.39, 0.29) is 12.2 Å². The highest BCUT2D eigenvalue weighted by molar-refractivity contribution is 5.89. The Balaban J connectivity index is 1.86. The summed E-state index contributed by atoms with van der Waals surface area (Å²) < 4.78 is 18.7. The molecule has 20 heavy (non-hydrogen) atoms. The highest BCUT2D eigenvalue weighted by Crippen LogP contribution is 2.19. The van der Waals surface area contributed by atoms with Crippen molar-refractivity contribution in [2.45, 2.75) is 25.4 Å². The smallest absolute Gasteiger partial charge is 0.319 e. The zero-order valence-electron chi connectivity index (χ0n) is 11.4. The van der Waals surface area contributed by atoms with Crippen LogP contribution in [0.25, 0.3) is 0 Å². The molecule has 1 aliphatic heterocycles. The molecule has 0 atom stereocenters. The molecule has 0 spiro atoms. The molecule has 0 aromatic heterocycles. The van der Waals surface area contributed by atoms with Crippen LogP contribution in [0.3, 0.4) is 0 Å². The van der Waals surface area contributed by atoms with Gasteiger partial charge in [-0.05, 0) is 24.6 Å². The lowest BCUT2D eigenvalue weighted by atomic mass is 9.94. The van der Waals surface area contributed by atoms with Crippen LogP contribution in [0.2, 0.25) is 0 Å². The number of anilines is 1. The molecule has 6 heteroatoms. The van der Waals surface area contributed by atoms with E-state index in [1.165, 1.54) is 12.1 Å². The number of amides is 2. The van der Waals surface area contributed by atoms with Gasteiger partial charge in [0.15, 0.2) is 0 Å². The Hall–Kier alpha value is -1.66. The van der Waals surface area contributed by atoms with E-state index in [0.717, 1.165) is 5.56 Å². The number of urea groups is 1. The topological polar surface area (TPSA) is 70.6 Å². The van der Waals surface area contributed by atoms with Gasteiger partial charge in [-0.1, -0.05) is 6.07 Å². The highest BCUT2D eigenvalue weighted by Gasteiger charge is 2.30. The lowest BCUT2D eigenvalue weighted by molar-refractivity contribution is -0.0598. The summed E-state index contributed by atoms with van der Waals surface area (Å²) in [4.78, 5) is 11.7. The summed E-state index contributed by atoms with van der Waals surface area (Å²) in [5.74, 6) is -0.482. The standard InChI is InChI=1S/C14H19FN2O3/c1-10-2-3-12(11(15)8-10)17-13(18)16-9-14(19)4-6-20-7-5-14/h2-3,8,19H,4-7,9H2,1H3,(H2,16,17,18). The van der Waals surface area contributed by atoms with Gasteiger partial charge in [-0.25, -0.2) is 9.18 Å². The molecule has 0 radical (unpaired) electrons. The molecule has 1 fully saturated rings. The van der Waals surface area contributed by atoms with Crippen molar-refractivity contribution >= 4 is 11.7 Å². The van der Waals surface area contributed by atoms with Gasteiger partial charge in [0.25, 0.3) is 0 Å². The van der Waals surface area contributed by atoms with Crippen molar-refractivity contribution in [3.63, 3.8) is 0 Å². The van der Waals surface area contributed by atoms with Gasteiger partial charge in [0.05, 0.1) is 11.3 Å².